The fourth-order valence-electron chi connectivity index (χ4n) is 2.50. The number of thiophene rings is 1. The second kappa shape index (κ2) is 7.79. The number of amides is 1. The number of sulfonamides is 1. The number of aryl methyl sites for hydroxylation is 1. The fourth-order valence-corrected chi connectivity index (χ4v) is 6.62. The molecule has 0 radical (unpaired) electrons. The first-order valence-electron chi connectivity index (χ1n) is 7.62. The van der Waals surface area contributed by atoms with Crippen molar-refractivity contribution in [3.63, 3.8) is 0 Å². The van der Waals surface area contributed by atoms with Crippen molar-refractivity contribution < 1.29 is 13.2 Å². The van der Waals surface area contributed by atoms with E-state index in [2.05, 4.69) is 21.2 Å². The Kier molecular flexibility index (Phi) is 5.89. The zero-order valence-electron chi connectivity index (χ0n) is 13.5. The van der Waals surface area contributed by atoms with Crippen LogP contribution in [0.5, 0.6) is 0 Å². The Morgan fingerprint density at radius 1 is 1.24 bits per heavy atom. The van der Waals surface area contributed by atoms with Crippen LogP contribution in [0.15, 0.2) is 39.0 Å². The highest BCUT2D eigenvalue weighted by Gasteiger charge is 2.31. The van der Waals surface area contributed by atoms with Gasteiger partial charge in [-0.05, 0) is 42.1 Å². The lowest BCUT2D eigenvalue weighted by Gasteiger charge is -2.25. The summed E-state index contributed by atoms with van der Waals surface area (Å²) in [6.07, 6.45) is 0. The van der Waals surface area contributed by atoms with E-state index in [1.165, 1.54) is 10.4 Å². The first-order chi connectivity index (χ1) is 11.9. The average Bonchev–Trinajstić information content (AvgIpc) is 3.10. The highest BCUT2D eigenvalue weighted by atomic mass is 79.9. The Bertz CT molecular complexity index is 890. The van der Waals surface area contributed by atoms with Crippen LogP contribution in [0.25, 0.3) is 0 Å². The maximum atomic E-state index is 12.9. The van der Waals surface area contributed by atoms with Crippen molar-refractivity contribution >= 4 is 60.6 Å². The van der Waals surface area contributed by atoms with Crippen molar-refractivity contribution in [2.24, 2.45) is 0 Å². The van der Waals surface area contributed by atoms with E-state index in [4.69, 9.17) is 0 Å². The molecular weight excluding hydrogens is 444 g/mol. The quantitative estimate of drug-likeness (QED) is 0.752. The smallest absolute Gasteiger partial charge is 0.267 e. The normalized spacial score (nSPS) is 15.9. The van der Waals surface area contributed by atoms with Crippen molar-refractivity contribution in [2.45, 2.75) is 11.8 Å². The summed E-state index contributed by atoms with van der Waals surface area (Å²) >= 11 is 6.30. The van der Waals surface area contributed by atoms with Crippen molar-refractivity contribution in [1.82, 2.24) is 4.31 Å². The van der Waals surface area contributed by atoms with Gasteiger partial charge >= 0.3 is 0 Å². The molecule has 3 rings (SSSR count). The van der Waals surface area contributed by atoms with Gasteiger partial charge in [-0.2, -0.15) is 16.1 Å². The number of hydrogen-bond donors (Lipinski definition) is 1. The molecular formula is C16H17BrN2O3S3. The molecule has 1 fully saturated rings. The molecule has 1 aromatic carbocycles. The van der Waals surface area contributed by atoms with E-state index in [0.717, 1.165) is 32.9 Å². The maximum absolute atomic E-state index is 12.9. The Labute approximate surface area is 164 Å². The summed E-state index contributed by atoms with van der Waals surface area (Å²) in [6, 6.07) is 6.98. The molecule has 0 bridgehead atoms. The summed E-state index contributed by atoms with van der Waals surface area (Å²) in [6.45, 7) is 2.89. The lowest BCUT2D eigenvalue weighted by molar-refractivity contribution is 0.102. The van der Waals surface area contributed by atoms with Crippen LogP contribution in [0.1, 0.15) is 15.2 Å². The molecule has 1 aromatic heterocycles. The molecule has 0 atom stereocenters. The van der Waals surface area contributed by atoms with Crippen LogP contribution >= 0.6 is 39.0 Å². The number of carbonyl (C=O) groups excluding carboxylic acids is 1. The third-order valence-corrected chi connectivity index (χ3v) is 8.65. The Hall–Kier alpha value is -0.870. The number of carbonyl (C=O) groups is 1. The molecule has 0 spiro atoms. The van der Waals surface area contributed by atoms with Gasteiger partial charge in [0, 0.05) is 34.8 Å². The van der Waals surface area contributed by atoms with E-state index < -0.39 is 15.9 Å². The maximum Gasteiger partial charge on any atom is 0.267 e. The van der Waals surface area contributed by atoms with Gasteiger partial charge in [-0.15, -0.1) is 11.3 Å². The van der Waals surface area contributed by atoms with Crippen LogP contribution in [0.2, 0.25) is 0 Å². The Morgan fingerprint density at radius 2 is 1.96 bits per heavy atom. The molecule has 1 saturated heterocycles. The molecule has 1 aliphatic rings. The lowest BCUT2D eigenvalue weighted by atomic mass is 10.2. The monoisotopic (exact) mass is 460 g/mol. The van der Waals surface area contributed by atoms with Gasteiger partial charge in [0.25, 0.3) is 5.91 Å². The zero-order valence-corrected chi connectivity index (χ0v) is 17.5. The zero-order chi connectivity index (χ0) is 18.0. The summed E-state index contributed by atoms with van der Waals surface area (Å²) < 4.78 is 28.1. The largest absolute Gasteiger partial charge is 0.321 e. The van der Waals surface area contributed by atoms with Crippen LogP contribution < -0.4 is 5.32 Å². The highest BCUT2D eigenvalue weighted by molar-refractivity contribution is 9.10. The van der Waals surface area contributed by atoms with Crippen LogP contribution in [0.4, 0.5) is 5.69 Å². The highest BCUT2D eigenvalue weighted by Crippen LogP contribution is 2.28. The Morgan fingerprint density at radius 3 is 2.64 bits per heavy atom. The van der Waals surface area contributed by atoms with E-state index >= 15 is 0 Å². The molecule has 5 nitrogen and oxygen atoms in total. The molecule has 0 saturated carbocycles. The number of rotatable bonds is 4. The van der Waals surface area contributed by atoms with Crippen molar-refractivity contribution in [1.29, 1.82) is 0 Å². The number of nitrogens with one attached hydrogen (secondary N) is 1. The lowest BCUT2D eigenvalue weighted by Crippen LogP contribution is -2.38. The molecule has 1 N–H and O–H groups in total. The summed E-state index contributed by atoms with van der Waals surface area (Å²) in [5.41, 5.74) is 1.62. The topological polar surface area (TPSA) is 66.5 Å². The molecule has 25 heavy (non-hydrogen) atoms. The van der Waals surface area contributed by atoms with Crippen LogP contribution in [0, 0.1) is 6.92 Å². The number of thioether (sulfide) groups is 1. The minimum absolute atomic E-state index is 0.0933. The van der Waals surface area contributed by atoms with Crippen molar-refractivity contribution in [3.05, 3.63) is 44.6 Å². The third kappa shape index (κ3) is 4.11. The molecule has 1 aliphatic heterocycles. The molecule has 2 aromatic rings. The number of benzene rings is 1. The standard InChI is InChI=1S/C16H17BrN2O3S3/c1-11-10-12(2-3-13(11)17)18-16(20)15-14(4-7-24-15)25(21,22)19-5-8-23-9-6-19/h2-4,7,10H,5-6,8-9H2,1H3,(H,18,20). The first-order valence-corrected chi connectivity index (χ1v) is 11.9. The van der Waals surface area contributed by atoms with Crippen LogP contribution in [-0.2, 0) is 10.0 Å². The van der Waals surface area contributed by atoms with E-state index in [1.807, 2.05) is 19.1 Å². The molecule has 0 unspecified atom stereocenters. The van der Waals surface area contributed by atoms with Gasteiger partial charge in [-0.25, -0.2) is 8.42 Å². The first kappa shape index (κ1) is 18.9. The molecule has 134 valence electrons. The predicted molar refractivity (Wildman–Crippen MR) is 107 cm³/mol. The van der Waals surface area contributed by atoms with Crippen LogP contribution in [0.3, 0.4) is 0 Å². The van der Waals surface area contributed by atoms with Gasteiger partial charge in [0.05, 0.1) is 0 Å². The van der Waals surface area contributed by atoms with Gasteiger partial charge in [-0.3, -0.25) is 4.79 Å². The van der Waals surface area contributed by atoms with E-state index in [9.17, 15) is 13.2 Å². The average molecular weight is 461 g/mol. The second-order valence-corrected chi connectivity index (χ2v) is 10.5. The van der Waals surface area contributed by atoms with Gasteiger partial charge in [0.15, 0.2) is 0 Å². The van der Waals surface area contributed by atoms with Gasteiger partial charge in [-0.1, -0.05) is 15.9 Å². The van der Waals surface area contributed by atoms with E-state index in [-0.39, 0.29) is 9.77 Å². The predicted octanol–water partition coefficient (Wildman–Crippen LogP) is 3.81. The van der Waals surface area contributed by atoms with E-state index in [1.54, 1.807) is 23.2 Å². The SMILES string of the molecule is Cc1cc(NC(=O)c2sccc2S(=O)(=O)N2CCSCC2)ccc1Br. The number of halogens is 1. The summed E-state index contributed by atoms with van der Waals surface area (Å²) in [5, 5.41) is 4.44. The summed E-state index contributed by atoms with van der Waals surface area (Å²) in [7, 11) is -3.64. The second-order valence-electron chi connectivity index (χ2n) is 5.55. The number of nitrogens with zero attached hydrogens (tertiary/aromatic N) is 1. The molecule has 0 aliphatic carbocycles. The Balaban J connectivity index is 1.85. The summed E-state index contributed by atoms with van der Waals surface area (Å²) in [5.74, 6) is 1.16. The third-order valence-electron chi connectivity index (χ3n) is 3.84. The fraction of sp³-hybridized carbons (Fsp3) is 0.312. The minimum Gasteiger partial charge on any atom is -0.321 e. The van der Waals surface area contributed by atoms with Gasteiger partial charge < -0.3 is 5.32 Å². The molecule has 2 heterocycles. The number of hydrogen-bond acceptors (Lipinski definition) is 5. The van der Waals surface area contributed by atoms with Crippen LogP contribution in [-0.4, -0.2) is 43.2 Å². The molecule has 1 amide bonds. The summed E-state index contributed by atoms with van der Waals surface area (Å²) in [4.78, 5) is 12.9. The van der Waals surface area contributed by atoms with Crippen molar-refractivity contribution in [2.75, 3.05) is 29.9 Å². The van der Waals surface area contributed by atoms with Gasteiger partial charge in [0.2, 0.25) is 10.0 Å². The van der Waals surface area contributed by atoms with Gasteiger partial charge in [0.1, 0.15) is 9.77 Å². The van der Waals surface area contributed by atoms with E-state index in [0.29, 0.717) is 18.8 Å². The van der Waals surface area contributed by atoms with Crippen molar-refractivity contribution in [3.8, 4) is 0 Å². The minimum atomic E-state index is -3.64. The molecule has 9 heteroatoms. The number of anilines is 1.